The molecule has 0 aromatic heterocycles. The van der Waals surface area contributed by atoms with E-state index in [9.17, 15) is 0 Å². The maximum Gasteiger partial charge on any atom is 0.0120 e. The number of rotatable bonds is 2. The molecule has 2 aliphatic heterocycles. The normalized spacial score (nSPS) is 31.5. The lowest BCUT2D eigenvalue weighted by Gasteiger charge is -2.36. The Hall–Kier alpha value is -0.120. The highest BCUT2D eigenvalue weighted by Gasteiger charge is 2.25. The van der Waals surface area contributed by atoms with Crippen LogP contribution < -0.4 is 5.73 Å². The van der Waals surface area contributed by atoms with Gasteiger partial charge in [-0.25, -0.2) is 0 Å². The quantitative estimate of drug-likeness (QED) is 0.765. The van der Waals surface area contributed by atoms with Crippen LogP contribution in [0.15, 0.2) is 0 Å². The van der Waals surface area contributed by atoms with Gasteiger partial charge < -0.3 is 15.5 Å². The second kappa shape index (κ2) is 5.99. The smallest absolute Gasteiger partial charge is 0.0120 e. The highest BCUT2D eigenvalue weighted by Crippen LogP contribution is 2.22. The molecule has 1 unspecified atom stereocenters. The fourth-order valence-electron chi connectivity index (χ4n) is 3.15. The van der Waals surface area contributed by atoms with Gasteiger partial charge in [0.25, 0.3) is 0 Å². The Labute approximate surface area is 100.0 Å². The Morgan fingerprint density at radius 3 is 2.44 bits per heavy atom. The van der Waals surface area contributed by atoms with Gasteiger partial charge in [0.2, 0.25) is 0 Å². The van der Waals surface area contributed by atoms with Crippen LogP contribution >= 0.6 is 0 Å². The van der Waals surface area contributed by atoms with E-state index in [1.54, 1.807) is 0 Å². The van der Waals surface area contributed by atoms with Crippen LogP contribution in [0, 0.1) is 5.92 Å². The summed E-state index contributed by atoms with van der Waals surface area (Å²) in [6.07, 6.45) is 6.75. The molecule has 0 aromatic carbocycles. The van der Waals surface area contributed by atoms with Crippen molar-refractivity contribution >= 4 is 0 Å². The fraction of sp³-hybridized carbons (Fsp3) is 1.00. The van der Waals surface area contributed by atoms with Crippen LogP contribution in [0.5, 0.6) is 0 Å². The van der Waals surface area contributed by atoms with Gasteiger partial charge in [-0.05, 0) is 77.8 Å². The molecule has 2 rings (SSSR count). The largest absolute Gasteiger partial charge is 0.330 e. The van der Waals surface area contributed by atoms with E-state index in [0.717, 1.165) is 18.5 Å². The van der Waals surface area contributed by atoms with E-state index >= 15 is 0 Å². The molecule has 3 heteroatoms. The van der Waals surface area contributed by atoms with Gasteiger partial charge in [0, 0.05) is 6.04 Å². The molecular formula is C13H27N3. The van der Waals surface area contributed by atoms with Crippen molar-refractivity contribution in [3.8, 4) is 0 Å². The van der Waals surface area contributed by atoms with Gasteiger partial charge >= 0.3 is 0 Å². The third kappa shape index (κ3) is 3.19. The maximum atomic E-state index is 5.79. The zero-order valence-corrected chi connectivity index (χ0v) is 10.7. The predicted octanol–water partition coefficient (Wildman–Crippen LogP) is 1.14. The van der Waals surface area contributed by atoms with Gasteiger partial charge in [0.1, 0.15) is 0 Å². The van der Waals surface area contributed by atoms with E-state index in [1.807, 2.05) is 0 Å². The molecule has 2 fully saturated rings. The van der Waals surface area contributed by atoms with Crippen molar-refractivity contribution in [1.82, 2.24) is 9.80 Å². The van der Waals surface area contributed by atoms with Gasteiger partial charge in [-0.15, -0.1) is 0 Å². The third-order valence-corrected chi connectivity index (χ3v) is 4.42. The van der Waals surface area contributed by atoms with Crippen molar-refractivity contribution < 1.29 is 0 Å². The van der Waals surface area contributed by atoms with Crippen LogP contribution in [-0.2, 0) is 0 Å². The zero-order valence-electron chi connectivity index (χ0n) is 10.7. The van der Waals surface area contributed by atoms with Crippen molar-refractivity contribution in [2.75, 3.05) is 39.8 Å². The maximum absolute atomic E-state index is 5.79. The third-order valence-electron chi connectivity index (χ3n) is 4.42. The minimum Gasteiger partial charge on any atom is -0.330 e. The highest BCUT2D eigenvalue weighted by atomic mass is 15.2. The first-order valence-corrected chi connectivity index (χ1v) is 6.92. The van der Waals surface area contributed by atoms with Gasteiger partial charge in [-0.2, -0.15) is 0 Å². The lowest BCUT2D eigenvalue weighted by molar-refractivity contribution is 0.123. The summed E-state index contributed by atoms with van der Waals surface area (Å²) in [6.45, 7) is 6.05. The highest BCUT2D eigenvalue weighted by molar-refractivity contribution is 4.81. The summed E-state index contributed by atoms with van der Waals surface area (Å²) in [5, 5.41) is 0. The summed E-state index contributed by atoms with van der Waals surface area (Å²) in [5.74, 6) is 0.788. The number of likely N-dealkylation sites (tertiary alicyclic amines) is 2. The van der Waals surface area contributed by atoms with Crippen molar-refractivity contribution in [2.45, 2.75) is 38.1 Å². The summed E-state index contributed by atoms with van der Waals surface area (Å²) in [4.78, 5) is 5.19. The van der Waals surface area contributed by atoms with Crippen molar-refractivity contribution in [1.29, 1.82) is 0 Å². The standard InChI is InChI=1S/C13H27N3/c1-15-8-5-13(6-9-15)16-7-2-3-12(11-14)4-10-16/h12-13H,2-11,14H2,1H3. The summed E-state index contributed by atoms with van der Waals surface area (Å²) >= 11 is 0. The Balaban J connectivity index is 1.80. The molecule has 0 amide bonds. The molecule has 2 heterocycles. The zero-order chi connectivity index (χ0) is 11.4. The molecular weight excluding hydrogens is 198 g/mol. The van der Waals surface area contributed by atoms with Crippen LogP contribution in [0.4, 0.5) is 0 Å². The summed E-state index contributed by atoms with van der Waals surface area (Å²) in [6, 6.07) is 0.854. The molecule has 1 atom stereocenters. The Kier molecular flexibility index (Phi) is 4.62. The second-order valence-corrected chi connectivity index (χ2v) is 5.60. The van der Waals surface area contributed by atoms with Crippen molar-refractivity contribution in [2.24, 2.45) is 11.7 Å². The lowest BCUT2D eigenvalue weighted by Crippen LogP contribution is -2.44. The van der Waals surface area contributed by atoms with E-state index in [2.05, 4.69) is 16.8 Å². The topological polar surface area (TPSA) is 32.5 Å². The van der Waals surface area contributed by atoms with E-state index in [-0.39, 0.29) is 0 Å². The molecule has 2 saturated heterocycles. The molecule has 16 heavy (non-hydrogen) atoms. The molecule has 0 aliphatic carbocycles. The minimum absolute atomic E-state index is 0.788. The number of nitrogens with zero attached hydrogens (tertiary/aromatic N) is 2. The summed E-state index contributed by atoms with van der Waals surface area (Å²) in [7, 11) is 2.24. The van der Waals surface area contributed by atoms with Crippen molar-refractivity contribution in [3.63, 3.8) is 0 Å². The molecule has 0 radical (unpaired) electrons. The molecule has 2 aliphatic rings. The predicted molar refractivity (Wildman–Crippen MR) is 68.5 cm³/mol. The van der Waals surface area contributed by atoms with Gasteiger partial charge in [-0.1, -0.05) is 0 Å². The number of piperidine rings is 1. The van der Waals surface area contributed by atoms with Gasteiger partial charge in [-0.3, -0.25) is 0 Å². The van der Waals surface area contributed by atoms with E-state index in [1.165, 1.54) is 58.3 Å². The monoisotopic (exact) mass is 225 g/mol. The number of nitrogens with two attached hydrogens (primary N) is 1. The molecule has 94 valence electrons. The molecule has 3 nitrogen and oxygen atoms in total. The number of hydrogen-bond acceptors (Lipinski definition) is 3. The molecule has 2 N–H and O–H groups in total. The van der Waals surface area contributed by atoms with Crippen LogP contribution in [0.3, 0.4) is 0 Å². The Morgan fingerprint density at radius 2 is 1.75 bits per heavy atom. The fourth-order valence-corrected chi connectivity index (χ4v) is 3.15. The van der Waals surface area contributed by atoms with Gasteiger partial charge in [0.15, 0.2) is 0 Å². The van der Waals surface area contributed by atoms with Gasteiger partial charge in [0.05, 0.1) is 0 Å². The molecule has 0 saturated carbocycles. The first-order valence-electron chi connectivity index (χ1n) is 6.92. The van der Waals surface area contributed by atoms with Crippen LogP contribution in [0.1, 0.15) is 32.1 Å². The SMILES string of the molecule is CN1CCC(N2CCCC(CN)CC2)CC1. The first-order chi connectivity index (χ1) is 7.79. The summed E-state index contributed by atoms with van der Waals surface area (Å²) < 4.78 is 0. The number of hydrogen-bond donors (Lipinski definition) is 1. The second-order valence-electron chi connectivity index (χ2n) is 5.60. The Bertz CT molecular complexity index is 199. The van der Waals surface area contributed by atoms with E-state index in [4.69, 9.17) is 5.73 Å². The van der Waals surface area contributed by atoms with E-state index < -0.39 is 0 Å². The average molecular weight is 225 g/mol. The minimum atomic E-state index is 0.788. The van der Waals surface area contributed by atoms with E-state index in [0.29, 0.717) is 0 Å². The lowest BCUT2D eigenvalue weighted by atomic mass is 10.0. The molecule has 0 bridgehead atoms. The van der Waals surface area contributed by atoms with Crippen molar-refractivity contribution in [3.05, 3.63) is 0 Å². The van der Waals surface area contributed by atoms with Crippen LogP contribution in [-0.4, -0.2) is 55.6 Å². The molecule has 0 aromatic rings. The van der Waals surface area contributed by atoms with Crippen LogP contribution in [0.2, 0.25) is 0 Å². The van der Waals surface area contributed by atoms with Crippen LogP contribution in [0.25, 0.3) is 0 Å². The average Bonchev–Trinajstić information content (AvgIpc) is 2.55. The Morgan fingerprint density at radius 1 is 1.00 bits per heavy atom. The first kappa shape index (κ1) is 12.3. The summed E-state index contributed by atoms with van der Waals surface area (Å²) in [5.41, 5.74) is 5.79. The molecule has 0 spiro atoms.